The Hall–Kier alpha value is -3.70. The van der Waals surface area contributed by atoms with E-state index in [0.717, 1.165) is 18.4 Å². The number of methoxy groups -OCH3 is 2. The lowest BCUT2D eigenvalue weighted by atomic mass is 9.95. The van der Waals surface area contributed by atoms with Crippen LogP contribution in [0.4, 0.5) is 18.9 Å². The molecule has 4 aromatic rings. The largest absolute Gasteiger partial charge is 0.497 e. The quantitative estimate of drug-likeness (QED) is 0.243. The van der Waals surface area contributed by atoms with Gasteiger partial charge in [0.1, 0.15) is 17.5 Å². The summed E-state index contributed by atoms with van der Waals surface area (Å²) in [6, 6.07) is 10.6. The van der Waals surface area contributed by atoms with Crippen LogP contribution < -0.4 is 14.8 Å². The number of benzene rings is 3. The van der Waals surface area contributed by atoms with E-state index in [1.54, 1.807) is 6.07 Å². The number of halogens is 4. The van der Waals surface area contributed by atoms with Crippen LogP contribution in [0.5, 0.6) is 11.5 Å². The van der Waals surface area contributed by atoms with Gasteiger partial charge < -0.3 is 19.8 Å². The molecule has 0 bridgehead atoms. The third-order valence-electron chi connectivity index (χ3n) is 5.90. The molecule has 0 fully saturated rings. The molecule has 12 heteroatoms. The maximum Gasteiger partial charge on any atom is 0.416 e. The van der Waals surface area contributed by atoms with Gasteiger partial charge in [0.15, 0.2) is 15.6 Å². The second kappa shape index (κ2) is 10.2. The predicted octanol–water partition coefficient (Wildman–Crippen LogP) is 6.30. The first kappa shape index (κ1) is 27.3. The number of H-pyrrole nitrogens is 1. The molecule has 1 atom stereocenters. The predicted molar refractivity (Wildman–Crippen MR) is 138 cm³/mol. The fraction of sp³-hybridized carbons (Fsp3) is 0.192. The zero-order valence-corrected chi connectivity index (χ0v) is 21.9. The van der Waals surface area contributed by atoms with Crippen LogP contribution >= 0.6 is 11.6 Å². The van der Waals surface area contributed by atoms with Crippen LogP contribution in [0.3, 0.4) is 0 Å². The standard InChI is InChI=1S/C26H22ClF3N2O5S/c1-36-17-10-16(11-18(12-17)38(3,34)35)32-24(19-6-5-15(27)9-23(19)37-2)25(33)21-13-31-22-7-4-14(8-20(21)22)26(28,29)30/h4-13,24,31-32H,1-3H3. The smallest absolute Gasteiger partial charge is 0.416 e. The third kappa shape index (κ3) is 5.58. The van der Waals surface area contributed by atoms with Gasteiger partial charge in [0.2, 0.25) is 0 Å². The number of carbonyl (C=O) groups excluding carboxylic acids is 1. The van der Waals surface area contributed by atoms with Crippen molar-refractivity contribution in [3.8, 4) is 11.5 Å². The first-order valence-corrected chi connectivity index (χ1v) is 13.3. The van der Waals surface area contributed by atoms with E-state index in [1.807, 2.05) is 0 Å². The van der Waals surface area contributed by atoms with Crippen molar-refractivity contribution in [2.45, 2.75) is 17.1 Å². The number of ketones is 1. The molecule has 0 aliphatic rings. The SMILES string of the molecule is COc1cc(NC(C(=O)c2c[nH]c3ccc(C(F)(F)F)cc23)c2ccc(Cl)cc2OC)cc(S(C)(=O)=O)c1. The van der Waals surface area contributed by atoms with Crippen LogP contribution in [0.1, 0.15) is 27.5 Å². The van der Waals surface area contributed by atoms with Gasteiger partial charge in [0.05, 0.1) is 24.7 Å². The van der Waals surface area contributed by atoms with E-state index < -0.39 is 33.4 Å². The first-order chi connectivity index (χ1) is 17.8. The summed E-state index contributed by atoms with van der Waals surface area (Å²) < 4.78 is 75.4. The number of carbonyl (C=O) groups is 1. The zero-order chi connectivity index (χ0) is 27.8. The van der Waals surface area contributed by atoms with Gasteiger partial charge in [-0.2, -0.15) is 13.2 Å². The van der Waals surface area contributed by atoms with Gasteiger partial charge in [0, 0.05) is 51.3 Å². The van der Waals surface area contributed by atoms with Crippen molar-refractivity contribution in [3.05, 3.63) is 82.5 Å². The number of hydrogen-bond acceptors (Lipinski definition) is 6. The minimum absolute atomic E-state index is 0.00756. The van der Waals surface area contributed by atoms with E-state index in [4.69, 9.17) is 21.1 Å². The molecule has 0 aliphatic heterocycles. The Kier molecular flexibility index (Phi) is 7.35. The number of fused-ring (bicyclic) bond motifs is 1. The molecule has 200 valence electrons. The minimum Gasteiger partial charge on any atom is -0.497 e. The zero-order valence-electron chi connectivity index (χ0n) is 20.3. The molecule has 1 unspecified atom stereocenters. The van der Waals surface area contributed by atoms with Gasteiger partial charge in [-0.05, 0) is 42.5 Å². The van der Waals surface area contributed by atoms with Crippen molar-refractivity contribution in [1.29, 1.82) is 0 Å². The summed E-state index contributed by atoms with van der Waals surface area (Å²) in [4.78, 5) is 16.7. The molecule has 1 heterocycles. The molecular weight excluding hydrogens is 545 g/mol. The van der Waals surface area contributed by atoms with Crippen molar-refractivity contribution >= 4 is 43.8 Å². The molecule has 0 aliphatic carbocycles. The van der Waals surface area contributed by atoms with Gasteiger partial charge in [-0.15, -0.1) is 0 Å². The number of aromatic nitrogens is 1. The molecule has 7 nitrogen and oxygen atoms in total. The maximum atomic E-state index is 14.0. The highest BCUT2D eigenvalue weighted by molar-refractivity contribution is 7.90. The van der Waals surface area contributed by atoms with Crippen molar-refractivity contribution in [1.82, 2.24) is 4.98 Å². The van der Waals surface area contributed by atoms with Gasteiger partial charge in [0.25, 0.3) is 0 Å². The normalized spacial score (nSPS) is 12.8. The minimum atomic E-state index is -4.61. The molecule has 2 N–H and O–H groups in total. The first-order valence-electron chi connectivity index (χ1n) is 11.0. The number of ether oxygens (including phenoxy) is 2. The summed E-state index contributed by atoms with van der Waals surface area (Å²) in [5, 5.41) is 3.43. The maximum absolute atomic E-state index is 14.0. The van der Waals surface area contributed by atoms with Crippen molar-refractivity contribution in [2.75, 3.05) is 25.8 Å². The topological polar surface area (TPSA) is 97.5 Å². The van der Waals surface area contributed by atoms with Crippen LogP contribution in [0.15, 0.2) is 65.7 Å². The number of anilines is 1. The molecule has 4 rings (SSSR count). The average molecular weight is 567 g/mol. The van der Waals surface area contributed by atoms with Gasteiger partial charge in [-0.1, -0.05) is 17.7 Å². The number of alkyl halides is 3. The second-order valence-corrected chi connectivity index (χ2v) is 10.9. The van der Waals surface area contributed by atoms with E-state index in [1.165, 1.54) is 56.8 Å². The number of aromatic amines is 1. The van der Waals surface area contributed by atoms with Crippen LogP contribution in [-0.4, -0.2) is 39.7 Å². The molecule has 0 saturated heterocycles. The highest BCUT2D eigenvalue weighted by atomic mass is 35.5. The Morgan fingerprint density at radius 1 is 1.03 bits per heavy atom. The average Bonchev–Trinajstić information content (AvgIpc) is 3.29. The van der Waals surface area contributed by atoms with Gasteiger partial charge in [-0.3, -0.25) is 4.79 Å². The van der Waals surface area contributed by atoms with Crippen LogP contribution in [-0.2, 0) is 16.0 Å². The van der Waals surface area contributed by atoms with Crippen LogP contribution in [0, 0.1) is 0 Å². The Labute approximate surface area is 221 Å². The number of Topliss-reactive ketones (excluding diaryl/α,β-unsaturated/α-hetero) is 1. The fourth-order valence-electron chi connectivity index (χ4n) is 4.02. The van der Waals surface area contributed by atoms with Crippen molar-refractivity contribution < 1.29 is 35.9 Å². The fourth-order valence-corrected chi connectivity index (χ4v) is 4.85. The van der Waals surface area contributed by atoms with Crippen LogP contribution in [0.2, 0.25) is 5.02 Å². The Bertz CT molecular complexity index is 1630. The summed E-state index contributed by atoms with van der Waals surface area (Å²) in [6.07, 6.45) is -2.25. The molecule has 3 aromatic carbocycles. The monoisotopic (exact) mass is 566 g/mol. The Morgan fingerprint density at radius 2 is 1.76 bits per heavy atom. The molecular formula is C26H22ClF3N2O5S. The second-order valence-electron chi connectivity index (χ2n) is 8.46. The van der Waals surface area contributed by atoms with E-state index >= 15 is 0 Å². The molecule has 0 saturated carbocycles. The molecule has 38 heavy (non-hydrogen) atoms. The van der Waals surface area contributed by atoms with E-state index in [0.29, 0.717) is 16.1 Å². The summed E-state index contributed by atoms with van der Waals surface area (Å²) in [5.74, 6) is -0.142. The number of hydrogen-bond donors (Lipinski definition) is 2. The summed E-state index contributed by atoms with van der Waals surface area (Å²) in [7, 11) is -0.905. The summed E-state index contributed by atoms with van der Waals surface area (Å²) in [5.41, 5.74) is -0.0310. The number of sulfone groups is 1. The Morgan fingerprint density at radius 3 is 2.39 bits per heavy atom. The third-order valence-corrected chi connectivity index (χ3v) is 7.23. The molecule has 0 spiro atoms. The van der Waals surface area contributed by atoms with Gasteiger partial charge >= 0.3 is 6.18 Å². The number of rotatable bonds is 8. The van der Waals surface area contributed by atoms with Crippen LogP contribution in [0.25, 0.3) is 10.9 Å². The van der Waals surface area contributed by atoms with E-state index in [9.17, 15) is 26.4 Å². The van der Waals surface area contributed by atoms with E-state index in [-0.39, 0.29) is 33.0 Å². The van der Waals surface area contributed by atoms with Crippen molar-refractivity contribution in [2.24, 2.45) is 0 Å². The lowest BCUT2D eigenvalue weighted by Crippen LogP contribution is -2.22. The summed E-state index contributed by atoms with van der Waals surface area (Å²) >= 11 is 6.11. The van der Waals surface area contributed by atoms with Crippen molar-refractivity contribution in [3.63, 3.8) is 0 Å². The highest BCUT2D eigenvalue weighted by Gasteiger charge is 2.32. The molecule has 1 aromatic heterocycles. The van der Waals surface area contributed by atoms with Gasteiger partial charge in [-0.25, -0.2) is 8.42 Å². The summed E-state index contributed by atoms with van der Waals surface area (Å²) in [6.45, 7) is 0. The Balaban J connectivity index is 1.89. The molecule has 0 amide bonds. The van der Waals surface area contributed by atoms with E-state index in [2.05, 4.69) is 10.3 Å². The lowest BCUT2D eigenvalue weighted by Gasteiger charge is -2.22. The lowest BCUT2D eigenvalue weighted by molar-refractivity contribution is -0.137. The number of nitrogens with one attached hydrogen (secondary N) is 2. The molecule has 0 radical (unpaired) electrons. The highest BCUT2D eigenvalue weighted by Crippen LogP contribution is 2.37.